The highest BCUT2D eigenvalue weighted by Gasteiger charge is 2.24. The van der Waals surface area contributed by atoms with Crippen molar-refractivity contribution in [3.05, 3.63) is 60.8 Å². The number of ether oxygens (including phenoxy) is 1. The average Bonchev–Trinajstić information content (AvgIpc) is 3.12. The van der Waals surface area contributed by atoms with E-state index in [9.17, 15) is 5.11 Å². The predicted molar refractivity (Wildman–Crippen MR) is 118 cm³/mol. The third kappa shape index (κ3) is 4.23. The Balaban J connectivity index is 1.61. The first-order valence-electron chi connectivity index (χ1n) is 9.83. The standard InChI is InChI=1S/C22H24N6O2/c1-3-9-23-11-15(2)20-26-21(24-10-8-16-4-6-18(29)7-5-16)19-22(27-20)28(14-25-19)17-12-30-13-17/h3-7,9,11,14,17,29H,2,8,10,12-13H2,1H3,(H,24,26,27)/b9-3-,23-11?. The minimum Gasteiger partial charge on any atom is -0.508 e. The largest absolute Gasteiger partial charge is 0.508 e. The smallest absolute Gasteiger partial charge is 0.166 e. The topological polar surface area (TPSA) is 97.5 Å². The van der Waals surface area contributed by atoms with Gasteiger partial charge in [-0.3, -0.25) is 4.99 Å². The van der Waals surface area contributed by atoms with Crippen LogP contribution in [0.1, 0.15) is 24.4 Å². The van der Waals surface area contributed by atoms with E-state index in [0.29, 0.717) is 37.0 Å². The summed E-state index contributed by atoms with van der Waals surface area (Å²) in [5.41, 5.74) is 3.20. The Morgan fingerprint density at radius 3 is 2.83 bits per heavy atom. The van der Waals surface area contributed by atoms with Gasteiger partial charge in [-0.2, -0.15) is 0 Å². The molecule has 0 aliphatic carbocycles. The second-order valence-electron chi connectivity index (χ2n) is 7.04. The number of aliphatic imine (C=N–C) groups is 1. The molecule has 1 saturated heterocycles. The molecule has 1 aromatic carbocycles. The lowest BCUT2D eigenvalue weighted by Gasteiger charge is -2.27. The number of fused-ring (bicyclic) bond motifs is 1. The number of aromatic hydroxyl groups is 1. The van der Waals surface area contributed by atoms with Gasteiger partial charge in [0.25, 0.3) is 0 Å². The Bertz CT molecular complexity index is 1100. The summed E-state index contributed by atoms with van der Waals surface area (Å²) >= 11 is 0. The second-order valence-corrected chi connectivity index (χ2v) is 7.04. The average molecular weight is 404 g/mol. The highest BCUT2D eigenvalue weighted by atomic mass is 16.5. The summed E-state index contributed by atoms with van der Waals surface area (Å²) in [5, 5.41) is 12.8. The van der Waals surface area contributed by atoms with Crippen molar-refractivity contribution >= 4 is 28.8 Å². The summed E-state index contributed by atoms with van der Waals surface area (Å²) in [7, 11) is 0. The first-order chi connectivity index (χ1) is 14.7. The van der Waals surface area contributed by atoms with Gasteiger partial charge in [-0.1, -0.05) is 24.8 Å². The van der Waals surface area contributed by atoms with Gasteiger partial charge in [-0.25, -0.2) is 15.0 Å². The highest BCUT2D eigenvalue weighted by molar-refractivity contribution is 6.08. The van der Waals surface area contributed by atoms with Gasteiger partial charge in [0, 0.05) is 24.5 Å². The molecule has 8 heteroatoms. The van der Waals surface area contributed by atoms with Crippen molar-refractivity contribution in [2.75, 3.05) is 25.1 Å². The molecule has 3 aromatic rings. The van der Waals surface area contributed by atoms with Gasteiger partial charge in [0.1, 0.15) is 11.3 Å². The fraction of sp³-hybridized carbons (Fsp3) is 0.273. The molecule has 0 radical (unpaired) electrons. The van der Waals surface area contributed by atoms with Crippen molar-refractivity contribution < 1.29 is 9.84 Å². The number of allylic oxidation sites excluding steroid dienone is 2. The molecule has 1 fully saturated rings. The zero-order valence-electron chi connectivity index (χ0n) is 16.8. The van der Waals surface area contributed by atoms with E-state index in [0.717, 1.165) is 23.1 Å². The van der Waals surface area contributed by atoms with Crippen LogP contribution in [0.3, 0.4) is 0 Å². The molecular formula is C22H24N6O2. The van der Waals surface area contributed by atoms with Gasteiger partial charge < -0.3 is 19.7 Å². The number of nitrogens with zero attached hydrogens (tertiary/aromatic N) is 5. The van der Waals surface area contributed by atoms with Gasteiger partial charge in [-0.05, 0) is 31.0 Å². The monoisotopic (exact) mass is 404 g/mol. The number of phenols is 1. The Hall–Kier alpha value is -3.52. The van der Waals surface area contributed by atoms with E-state index in [1.54, 1.807) is 30.9 Å². The van der Waals surface area contributed by atoms with Crippen LogP contribution in [0.4, 0.5) is 5.82 Å². The van der Waals surface area contributed by atoms with Crippen molar-refractivity contribution in [2.45, 2.75) is 19.4 Å². The predicted octanol–water partition coefficient (Wildman–Crippen LogP) is 3.38. The molecule has 2 N–H and O–H groups in total. The molecule has 0 atom stereocenters. The summed E-state index contributed by atoms with van der Waals surface area (Å²) in [5.74, 6) is 1.43. The number of imidazole rings is 1. The first kappa shape index (κ1) is 19.8. The van der Waals surface area contributed by atoms with Crippen molar-refractivity contribution in [1.82, 2.24) is 19.5 Å². The number of benzene rings is 1. The van der Waals surface area contributed by atoms with Crippen molar-refractivity contribution in [3.63, 3.8) is 0 Å². The van der Waals surface area contributed by atoms with Crippen LogP contribution < -0.4 is 5.32 Å². The number of hydrogen-bond acceptors (Lipinski definition) is 7. The summed E-state index contributed by atoms with van der Waals surface area (Å²) in [4.78, 5) is 18.1. The van der Waals surface area contributed by atoms with Gasteiger partial charge in [0.15, 0.2) is 17.3 Å². The minimum absolute atomic E-state index is 0.229. The van der Waals surface area contributed by atoms with Gasteiger partial charge in [-0.15, -0.1) is 0 Å². The van der Waals surface area contributed by atoms with Gasteiger partial charge >= 0.3 is 0 Å². The minimum atomic E-state index is 0.229. The maximum Gasteiger partial charge on any atom is 0.166 e. The second kappa shape index (κ2) is 8.87. The van der Waals surface area contributed by atoms with Crippen LogP contribution in [-0.4, -0.2) is 50.6 Å². The van der Waals surface area contributed by atoms with E-state index >= 15 is 0 Å². The van der Waals surface area contributed by atoms with Gasteiger partial charge in [0.2, 0.25) is 0 Å². The molecule has 154 valence electrons. The van der Waals surface area contributed by atoms with Crippen LogP contribution in [0.15, 0.2) is 54.4 Å². The number of rotatable bonds is 8. The summed E-state index contributed by atoms with van der Waals surface area (Å²) < 4.78 is 7.36. The third-order valence-corrected chi connectivity index (χ3v) is 4.83. The van der Waals surface area contributed by atoms with E-state index in [2.05, 4.69) is 26.9 Å². The van der Waals surface area contributed by atoms with Crippen LogP contribution >= 0.6 is 0 Å². The lowest BCUT2D eigenvalue weighted by Crippen LogP contribution is -2.30. The van der Waals surface area contributed by atoms with Crippen LogP contribution in [0.2, 0.25) is 0 Å². The molecule has 0 spiro atoms. The molecule has 0 amide bonds. The van der Waals surface area contributed by atoms with E-state index in [1.165, 1.54) is 0 Å². The van der Waals surface area contributed by atoms with Gasteiger partial charge in [0.05, 0.1) is 25.6 Å². The molecule has 0 unspecified atom stereocenters. The number of phenolic OH excluding ortho intramolecular Hbond substituents is 1. The molecule has 2 aromatic heterocycles. The number of hydrogen-bond donors (Lipinski definition) is 2. The summed E-state index contributed by atoms with van der Waals surface area (Å²) in [6.45, 7) is 7.92. The maximum atomic E-state index is 9.44. The zero-order chi connectivity index (χ0) is 20.9. The molecule has 3 heterocycles. The fourth-order valence-corrected chi connectivity index (χ4v) is 3.10. The SMILES string of the molecule is C=C(C=N/C=C\C)c1nc(NCCc2ccc(O)cc2)c2ncn(C3COC3)c2n1. The quantitative estimate of drug-likeness (QED) is 0.559. The van der Waals surface area contributed by atoms with Crippen LogP contribution in [0, 0.1) is 0 Å². The summed E-state index contributed by atoms with van der Waals surface area (Å²) in [6.07, 6.45) is 7.75. The highest BCUT2D eigenvalue weighted by Crippen LogP contribution is 2.26. The lowest BCUT2D eigenvalue weighted by molar-refractivity contribution is -0.0218. The zero-order valence-corrected chi connectivity index (χ0v) is 16.8. The number of aromatic nitrogens is 4. The van der Waals surface area contributed by atoms with E-state index in [4.69, 9.17) is 9.72 Å². The first-order valence-corrected chi connectivity index (χ1v) is 9.83. The molecule has 1 aliphatic rings. The Labute approximate surface area is 174 Å². The molecule has 0 bridgehead atoms. The molecule has 1 aliphatic heterocycles. The van der Waals surface area contributed by atoms with Crippen LogP contribution in [-0.2, 0) is 11.2 Å². The van der Waals surface area contributed by atoms with Crippen molar-refractivity contribution in [1.29, 1.82) is 0 Å². The molecule has 30 heavy (non-hydrogen) atoms. The van der Waals surface area contributed by atoms with Crippen molar-refractivity contribution in [2.24, 2.45) is 4.99 Å². The lowest BCUT2D eigenvalue weighted by atomic mass is 10.1. The normalized spacial score (nSPS) is 14.6. The molecule has 8 nitrogen and oxygen atoms in total. The third-order valence-electron chi connectivity index (χ3n) is 4.83. The van der Waals surface area contributed by atoms with Crippen LogP contribution in [0.25, 0.3) is 16.7 Å². The fourth-order valence-electron chi connectivity index (χ4n) is 3.10. The molecular weight excluding hydrogens is 380 g/mol. The van der Waals surface area contributed by atoms with E-state index in [-0.39, 0.29) is 11.8 Å². The van der Waals surface area contributed by atoms with Crippen LogP contribution in [0.5, 0.6) is 5.75 Å². The number of nitrogens with one attached hydrogen (secondary N) is 1. The summed E-state index contributed by atoms with van der Waals surface area (Å²) in [6, 6.07) is 7.42. The Morgan fingerprint density at radius 1 is 1.33 bits per heavy atom. The van der Waals surface area contributed by atoms with E-state index < -0.39 is 0 Å². The Kier molecular flexibility index (Phi) is 5.85. The maximum absolute atomic E-state index is 9.44. The Morgan fingerprint density at radius 2 is 2.13 bits per heavy atom. The van der Waals surface area contributed by atoms with E-state index in [1.807, 2.05) is 29.7 Å². The molecule has 0 saturated carbocycles. The van der Waals surface area contributed by atoms with Crippen molar-refractivity contribution in [3.8, 4) is 5.75 Å². The molecule has 4 rings (SSSR count). The number of anilines is 1.